The van der Waals surface area contributed by atoms with Gasteiger partial charge in [0, 0.05) is 24.8 Å². The summed E-state index contributed by atoms with van der Waals surface area (Å²) in [6, 6.07) is 6.17. The van der Waals surface area contributed by atoms with Gasteiger partial charge < -0.3 is 4.55 Å². The zero-order chi connectivity index (χ0) is 11.7. The topological polar surface area (TPSA) is 61.1 Å². The quantitative estimate of drug-likeness (QED) is 0.574. The van der Waals surface area contributed by atoms with Crippen LogP contribution < -0.4 is 4.57 Å². The molecule has 0 aliphatic carbocycles. The first-order valence-electron chi connectivity index (χ1n) is 4.78. The SMILES string of the molecule is CCCC[n+]1ccccc1.CS(=O)(=O)[O-]. The molecule has 0 radical (unpaired) electrons. The predicted octanol–water partition coefficient (Wildman–Crippen LogP) is 0.936. The summed E-state index contributed by atoms with van der Waals surface area (Å²) < 4.78 is 29.4. The molecule has 0 aliphatic heterocycles. The molecule has 0 spiro atoms. The highest BCUT2D eigenvalue weighted by Gasteiger charge is 1.93. The number of pyridine rings is 1. The van der Waals surface area contributed by atoms with Crippen molar-refractivity contribution < 1.29 is 17.5 Å². The molecule has 86 valence electrons. The summed E-state index contributed by atoms with van der Waals surface area (Å²) in [5, 5.41) is 0. The van der Waals surface area contributed by atoms with Crippen LogP contribution in [0.25, 0.3) is 0 Å². The van der Waals surface area contributed by atoms with Crippen LogP contribution in [0.5, 0.6) is 0 Å². The molecule has 0 bridgehead atoms. The molecule has 0 fully saturated rings. The molecule has 0 saturated heterocycles. The molecular weight excluding hydrogens is 214 g/mol. The van der Waals surface area contributed by atoms with Gasteiger partial charge in [0.2, 0.25) is 0 Å². The monoisotopic (exact) mass is 231 g/mol. The molecule has 4 nitrogen and oxygen atoms in total. The minimum absolute atomic E-state index is 0.604. The molecule has 0 aromatic carbocycles. The van der Waals surface area contributed by atoms with Crippen molar-refractivity contribution in [1.29, 1.82) is 0 Å². The second-order valence-electron chi connectivity index (χ2n) is 3.17. The van der Waals surface area contributed by atoms with Gasteiger partial charge in [-0.05, 0) is 0 Å². The van der Waals surface area contributed by atoms with Crippen molar-refractivity contribution >= 4 is 10.1 Å². The van der Waals surface area contributed by atoms with Crippen LogP contribution in [0.3, 0.4) is 0 Å². The third-order valence-electron chi connectivity index (χ3n) is 1.55. The number of hydrogen-bond donors (Lipinski definition) is 0. The van der Waals surface area contributed by atoms with E-state index in [2.05, 4.69) is 36.0 Å². The molecule has 0 aliphatic rings. The molecule has 0 unspecified atom stereocenters. The Morgan fingerprint density at radius 1 is 1.20 bits per heavy atom. The molecule has 5 heteroatoms. The lowest BCUT2D eigenvalue weighted by Crippen LogP contribution is -2.31. The maximum atomic E-state index is 9.08. The van der Waals surface area contributed by atoms with Crippen molar-refractivity contribution in [1.82, 2.24) is 0 Å². The number of rotatable bonds is 3. The van der Waals surface area contributed by atoms with Crippen LogP contribution in [0, 0.1) is 0 Å². The first-order chi connectivity index (χ1) is 6.93. The minimum atomic E-state index is -3.92. The normalized spacial score (nSPS) is 10.3. The van der Waals surface area contributed by atoms with E-state index < -0.39 is 10.1 Å². The molecule has 1 aromatic rings. The summed E-state index contributed by atoms with van der Waals surface area (Å²) in [5.74, 6) is 0. The second kappa shape index (κ2) is 7.36. The Balaban J connectivity index is 0.000000336. The third-order valence-corrected chi connectivity index (χ3v) is 1.55. The smallest absolute Gasteiger partial charge is 0.168 e. The van der Waals surface area contributed by atoms with Crippen molar-refractivity contribution in [3.63, 3.8) is 0 Å². The van der Waals surface area contributed by atoms with Crippen molar-refractivity contribution in [3.05, 3.63) is 30.6 Å². The van der Waals surface area contributed by atoms with E-state index in [9.17, 15) is 0 Å². The van der Waals surface area contributed by atoms with Crippen LogP contribution in [0.1, 0.15) is 19.8 Å². The lowest BCUT2D eigenvalue weighted by molar-refractivity contribution is -0.697. The first-order valence-corrected chi connectivity index (χ1v) is 6.60. The highest BCUT2D eigenvalue weighted by atomic mass is 32.2. The van der Waals surface area contributed by atoms with Crippen LogP contribution in [0.15, 0.2) is 30.6 Å². The lowest BCUT2D eigenvalue weighted by atomic mass is 10.3. The van der Waals surface area contributed by atoms with Gasteiger partial charge in [-0.1, -0.05) is 19.4 Å². The van der Waals surface area contributed by atoms with E-state index in [0.717, 1.165) is 6.54 Å². The van der Waals surface area contributed by atoms with Crippen molar-refractivity contribution in [2.75, 3.05) is 6.26 Å². The number of unbranched alkanes of at least 4 members (excludes halogenated alkanes) is 1. The fourth-order valence-electron chi connectivity index (χ4n) is 0.924. The zero-order valence-electron chi connectivity index (χ0n) is 9.09. The molecule has 0 N–H and O–H groups in total. The maximum Gasteiger partial charge on any atom is 0.168 e. The summed E-state index contributed by atoms with van der Waals surface area (Å²) in [7, 11) is -3.92. The summed E-state index contributed by atoms with van der Waals surface area (Å²) in [4.78, 5) is 0. The average Bonchev–Trinajstić information content (AvgIpc) is 2.14. The molecule has 1 rings (SSSR count). The van der Waals surface area contributed by atoms with Gasteiger partial charge in [-0.3, -0.25) is 0 Å². The summed E-state index contributed by atoms with van der Waals surface area (Å²) >= 11 is 0. The number of hydrogen-bond acceptors (Lipinski definition) is 3. The Bertz CT molecular complexity index is 340. The van der Waals surface area contributed by atoms with E-state index in [1.807, 2.05) is 6.07 Å². The molecule has 0 saturated carbocycles. The van der Waals surface area contributed by atoms with Gasteiger partial charge in [-0.2, -0.15) is 0 Å². The standard InChI is InChI=1S/C9H14N.CH4O3S/c1-2-3-7-10-8-5-4-6-9-10;1-5(2,3)4/h4-6,8-9H,2-3,7H2,1H3;1H3,(H,2,3,4)/q+1;/p-1. The van der Waals surface area contributed by atoms with Crippen LogP contribution in [0.4, 0.5) is 0 Å². The summed E-state index contributed by atoms with van der Waals surface area (Å²) in [5.41, 5.74) is 0. The molecule has 15 heavy (non-hydrogen) atoms. The highest BCUT2D eigenvalue weighted by molar-refractivity contribution is 7.84. The van der Waals surface area contributed by atoms with E-state index in [-0.39, 0.29) is 0 Å². The fourth-order valence-corrected chi connectivity index (χ4v) is 0.924. The Morgan fingerprint density at radius 2 is 1.67 bits per heavy atom. The van der Waals surface area contributed by atoms with Crippen molar-refractivity contribution in [2.24, 2.45) is 0 Å². The largest absolute Gasteiger partial charge is 0.748 e. The van der Waals surface area contributed by atoms with Crippen LogP contribution in [-0.4, -0.2) is 19.2 Å². The highest BCUT2D eigenvalue weighted by Crippen LogP contribution is 1.85. The van der Waals surface area contributed by atoms with E-state index in [0.29, 0.717) is 6.26 Å². The third kappa shape index (κ3) is 13.1. The van der Waals surface area contributed by atoms with E-state index in [1.165, 1.54) is 12.8 Å². The number of nitrogens with zero attached hydrogens (tertiary/aromatic N) is 1. The summed E-state index contributed by atoms with van der Waals surface area (Å²) in [6.45, 7) is 3.36. The van der Waals surface area contributed by atoms with Gasteiger partial charge in [-0.25, -0.2) is 13.0 Å². The first kappa shape index (κ1) is 14.1. The van der Waals surface area contributed by atoms with Crippen LogP contribution >= 0.6 is 0 Å². The zero-order valence-corrected chi connectivity index (χ0v) is 9.90. The van der Waals surface area contributed by atoms with Gasteiger partial charge in [0.15, 0.2) is 12.4 Å². The van der Waals surface area contributed by atoms with Gasteiger partial charge in [0.25, 0.3) is 0 Å². The number of aromatic nitrogens is 1. The van der Waals surface area contributed by atoms with Crippen molar-refractivity contribution in [2.45, 2.75) is 26.3 Å². The fraction of sp³-hybridized carbons (Fsp3) is 0.500. The molecule has 1 heterocycles. The molecular formula is C10H17NO3S. The molecule has 0 atom stereocenters. The van der Waals surface area contributed by atoms with E-state index in [1.54, 1.807) is 0 Å². The van der Waals surface area contributed by atoms with Crippen LogP contribution in [-0.2, 0) is 16.7 Å². The number of aryl methyl sites for hydroxylation is 1. The Kier molecular flexibility index (Phi) is 6.90. The minimum Gasteiger partial charge on any atom is -0.748 e. The summed E-state index contributed by atoms with van der Waals surface area (Å²) in [6.07, 6.45) is 7.36. The molecule has 0 amide bonds. The van der Waals surface area contributed by atoms with Gasteiger partial charge >= 0.3 is 0 Å². The van der Waals surface area contributed by atoms with E-state index >= 15 is 0 Å². The Labute approximate surface area is 91.3 Å². The Morgan fingerprint density at radius 3 is 2.07 bits per heavy atom. The van der Waals surface area contributed by atoms with E-state index in [4.69, 9.17) is 13.0 Å². The Hall–Kier alpha value is -0.940. The molecule has 1 aromatic heterocycles. The van der Waals surface area contributed by atoms with Crippen LogP contribution in [0.2, 0.25) is 0 Å². The van der Waals surface area contributed by atoms with Gasteiger partial charge in [0.05, 0.1) is 10.1 Å². The van der Waals surface area contributed by atoms with Crippen molar-refractivity contribution in [3.8, 4) is 0 Å². The predicted molar refractivity (Wildman–Crippen MR) is 57.2 cm³/mol. The lowest BCUT2D eigenvalue weighted by Gasteiger charge is -1.91. The van der Waals surface area contributed by atoms with Gasteiger partial charge in [0.1, 0.15) is 6.54 Å². The average molecular weight is 231 g/mol. The maximum absolute atomic E-state index is 9.08. The van der Waals surface area contributed by atoms with Gasteiger partial charge in [-0.15, -0.1) is 0 Å². The second-order valence-corrected chi connectivity index (χ2v) is 4.58.